The van der Waals surface area contributed by atoms with Crippen LogP contribution in [0.4, 0.5) is 0 Å². The maximum atomic E-state index is 12.2. The van der Waals surface area contributed by atoms with E-state index in [1.807, 2.05) is 6.07 Å². The van der Waals surface area contributed by atoms with Crippen LogP contribution in [0, 0.1) is 11.3 Å². The number of halogens is 1. The van der Waals surface area contributed by atoms with Gasteiger partial charge in [-0.05, 0) is 25.1 Å². The number of ketones is 1. The number of H-pyrrole nitrogens is 1. The lowest BCUT2D eigenvalue weighted by Gasteiger charge is -2.08. The molecule has 0 saturated heterocycles. The number of hydrogen-bond donors (Lipinski definition) is 1. The van der Waals surface area contributed by atoms with Crippen molar-refractivity contribution in [3.05, 3.63) is 61.4 Å². The number of nitrogens with one attached hydrogen (secondary N) is 1. The van der Waals surface area contributed by atoms with Crippen LogP contribution in [0.2, 0.25) is 5.02 Å². The number of carbonyl (C=O) groups excluding carboxylic acids is 1. The minimum absolute atomic E-state index is 0.0364. The first-order chi connectivity index (χ1) is 9.45. The summed E-state index contributed by atoms with van der Waals surface area (Å²) in [5, 5.41) is 9.31. The number of aromatic amines is 1. The Hall–Kier alpha value is -2.65. The smallest absolute Gasteiger partial charge is 0.313 e. The summed E-state index contributed by atoms with van der Waals surface area (Å²) in [6, 6.07) is 6.05. The monoisotopic (exact) mass is 289 g/mol. The summed E-state index contributed by atoms with van der Waals surface area (Å²) in [7, 11) is 0. The minimum atomic E-state index is -0.792. The van der Waals surface area contributed by atoms with E-state index in [1.165, 1.54) is 25.1 Å². The molecule has 0 bridgehead atoms. The molecule has 7 heteroatoms. The second-order valence-electron chi connectivity index (χ2n) is 3.98. The van der Waals surface area contributed by atoms with Gasteiger partial charge in [-0.1, -0.05) is 11.6 Å². The highest BCUT2D eigenvalue weighted by Gasteiger charge is 2.15. The summed E-state index contributed by atoms with van der Waals surface area (Å²) in [6.07, 6.45) is 1.06. The SMILES string of the molecule is CC(=O)c1c[nH]c(=O)n(-c2cc(Cl)ccc2C#N)c1=O. The zero-order valence-electron chi connectivity index (χ0n) is 10.3. The molecule has 0 unspecified atom stereocenters. The zero-order valence-corrected chi connectivity index (χ0v) is 11.1. The highest BCUT2D eigenvalue weighted by molar-refractivity contribution is 6.30. The molecule has 1 N–H and O–H groups in total. The van der Waals surface area contributed by atoms with Crippen molar-refractivity contribution in [1.82, 2.24) is 9.55 Å². The Morgan fingerprint density at radius 2 is 2.10 bits per heavy atom. The number of benzene rings is 1. The van der Waals surface area contributed by atoms with Gasteiger partial charge in [0.15, 0.2) is 5.78 Å². The van der Waals surface area contributed by atoms with E-state index < -0.39 is 17.0 Å². The van der Waals surface area contributed by atoms with Crippen LogP contribution in [0.15, 0.2) is 34.0 Å². The molecule has 0 aliphatic rings. The standard InChI is InChI=1S/C13H8ClN3O3/c1-7(18)10-6-16-13(20)17(12(10)19)11-4-9(14)3-2-8(11)5-15/h2-4,6H,1H3,(H,16,20). The minimum Gasteiger partial charge on any atom is -0.313 e. The highest BCUT2D eigenvalue weighted by atomic mass is 35.5. The molecule has 0 atom stereocenters. The second kappa shape index (κ2) is 5.15. The lowest BCUT2D eigenvalue weighted by Crippen LogP contribution is -2.36. The number of nitrogens with zero attached hydrogens (tertiary/aromatic N) is 2. The zero-order chi connectivity index (χ0) is 14.9. The molecule has 2 rings (SSSR count). The lowest BCUT2D eigenvalue weighted by molar-refractivity contribution is 0.101. The van der Waals surface area contributed by atoms with E-state index >= 15 is 0 Å². The fraction of sp³-hybridized carbons (Fsp3) is 0.0769. The molecule has 1 heterocycles. The van der Waals surface area contributed by atoms with Crippen molar-refractivity contribution in [2.45, 2.75) is 6.92 Å². The van der Waals surface area contributed by atoms with Crippen molar-refractivity contribution in [3.8, 4) is 11.8 Å². The van der Waals surface area contributed by atoms with Crippen LogP contribution in [-0.2, 0) is 0 Å². The van der Waals surface area contributed by atoms with Gasteiger partial charge in [0, 0.05) is 11.2 Å². The molecule has 1 aromatic heterocycles. The normalized spacial score (nSPS) is 10.1. The molecule has 2 aromatic rings. The summed E-state index contributed by atoms with van der Waals surface area (Å²) >= 11 is 5.83. The van der Waals surface area contributed by atoms with Gasteiger partial charge in [0.05, 0.1) is 16.8 Å². The van der Waals surface area contributed by atoms with Gasteiger partial charge in [0.1, 0.15) is 6.07 Å². The first-order valence-corrected chi connectivity index (χ1v) is 5.89. The van der Waals surface area contributed by atoms with Crippen LogP contribution in [-0.4, -0.2) is 15.3 Å². The molecule has 0 amide bonds. The largest absolute Gasteiger partial charge is 0.333 e. The number of aromatic nitrogens is 2. The maximum absolute atomic E-state index is 12.2. The van der Waals surface area contributed by atoms with Crippen LogP contribution < -0.4 is 11.2 Å². The van der Waals surface area contributed by atoms with Crippen molar-refractivity contribution in [3.63, 3.8) is 0 Å². The van der Waals surface area contributed by atoms with Gasteiger partial charge in [-0.15, -0.1) is 0 Å². The molecule has 20 heavy (non-hydrogen) atoms. The predicted octanol–water partition coefficient (Wildman–Crippen LogP) is 1.25. The molecule has 0 radical (unpaired) electrons. The van der Waals surface area contributed by atoms with Gasteiger partial charge in [-0.3, -0.25) is 9.59 Å². The predicted molar refractivity (Wildman–Crippen MR) is 72.4 cm³/mol. The Morgan fingerprint density at radius 3 is 2.70 bits per heavy atom. The van der Waals surface area contributed by atoms with Crippen molar-refractivity contribution in [2.24, 2.45) is 0 Å². The molecule has 0 aliphatic heterocycles. The number of Topliss-reactive ketones (excluding diaryl/α,β-unsaturated/α-hetero) is 1. The molecule has 0 aliphatic carbocycles. The van der Waals surface area contributed by atoms with Crippen LogP contribution in [0.5, 0.6) is 0 Å². The molecule has 0 fully saturated rings. The molecule has 0 saturated carbocycles. The number of nitriles is 1. The molecule has 1 aromatic carbocycles. The number of hydrogen-bond acceptors (Lipinski definition) is 4. The first kappa shape index (κ1) is 13.8. The molecule has 0 spiro atoms. The Morgan fingerprint density at radius 1 is 1.40 bits per heavy atom. The average molecular weight is 290 g/mol. The fourth-order valence-corrected chi connectivity index (χ4v) is 1.89. The van der Waals surface area contributed by atoms with Gasteiger partial charge < -0.3 is 4.98 Å². The van der Waals surface area contributed by atoms with Crippen molar-refractivity contribution in [1.29, 1.82) is 5.26 Å². The highest BCUT2D eigenvalue weighted by Crippen LogP contribution is 2.17. The molecular weight excluding hydrogens is 282 g/mol. The van der Waals surface area contributed by atoms with E-state index in [4.69, 9.17) is 16.9 Å². The van der Waals surface area contributed by atoms with Crippen molar-refractivity contribution >= 4 is 17.4 Å². The van der Waals surface area contributed by atoms with E-state index in [1.54, 1.807) is 0 Å². The third-order valence-corrected chi connectivity index (χ3v) is 2.91. The van der Waals surface area contributed by atoms with E-state index in [0.29, 0.717) is 0 Å². The Labute approximate surface area is 117 Å². The van der Waals surface area contributed by atoms with E-state index in [0.717, 1.165) is 10.8 Å². The third-order valence-electron chi connectivity index (χ3n) is 2.68. The van der Waals surface area contributed by atoms with Gasteiger partial charge in [0.2, 0.25) is 0 Å². The van der Waals surface area contributed by atoms with Crippen molar-refractivity contribution < 1.29 is 4.79 Å². The number of carbonyl (C=O) groups is 1. The third kappa shape index (κ3) is 2.27. The summed E-state index contributed by atoms with van der Waals surface area (Å²) in [6.45, 7) is 1.21. The Bertz CT molecular complexity index is 858. The topological polar surface area (TPSA) is 95.7 Å². The Kier molecular flexibility index (Phi) is 3.55. The van der Waals surface area contributed by atoms with Gasteiger partial charge in [-0.25, -0.2) is 9.36 Å². The molecule has 6 nitrogen and oxygen atoms in total. The molecular formula is C13H8ClN3O3. The number of rotatable bonds is 2. The summed E-state index contributed by atoms with van der Waals surface area (Å²) in [5.41, 5.74) is -1.58. The van der Waals surface area contributed by atoms with Crippen LogP contribution in [0.25, 0.3) is 5.69 Å². The second-order valence-corrected chi connectivity index (χ2v) is 4.41. The van der Waals surface area contributed by atoms with E-state index in [9.17, 15) is 14.4 Å². The maximum Gasteiger partial charge on any atom is 0.333 e. The van der Waals surface area contributed by atoms with E-state index in [-0.39, 0.29) is 21.8 Å². The van der Waals surface area contributed by atoms with Crippen LogP contribution in [0.3, 0.4) is 0 Å². The lowest BCUT2D eigenvalue weighted by atomic mass is 10.2. The van der Waals surface area contributed by atoms with Gasteiger partial charge in [-0.2, -0.15) is 5.26 Å². The first-order valence-electron chi connectivity index (χ1n) is 5.51. The van der Waals surface area contributed by atoms with Crippen molar-refractivity contribution in [2.75, 3.05) is 0 Å². The molecule has 100 valence electrons. The average Bonchev–Trinajstić information content (AvgIpc) is 2.38. The quantitative estimate of drug-likeness (QED) is 0.842. The van der Waals surface area contributed by atoms with Gasteiger partial charge >= 0.3 is 5.69 Å². The summed E-state index contributed by atoms with van der Waals surface area (Å²) in [5.74, 6) is -0.486. The van der Waals surface area contributed by atoms with Crippen LogP contribution in [0.1, 0.15) is 22.8 Å². The fourth-order valence-electron chi connectivity index (χ4n) is 1.73. The van der Waals surface area contributed by atoms with E-state index in [2.05, 4.69) is 4.98 Å². The summed E-state index contributed by atoms with van der Waals surface area (Å²) < 4.78 is 0.723. The van der Waals surface area contributed by atoms with Gasteiger partial charge in [0.25, 0.3) is 5.56 Å². The Balaban J connectivity index is 2.91. The summed E-state index contributed by atoms with van der Waals surface area (Å²) in [4.78, 5) is 37.7. The van der Waals surface area contributed by atoms with Crippen LogP contribution >= 0.6 is 11.6 Å².